The zero-order valence-corrected chi connectivity index (χ0v) is 24.5. The van der Waals surface area contributed by atoms with E-state index in [9.17, 15) is 0 Å². The normalized spacial score (nSPS) is 20.2. The van der Waals surface area contributed by atoms with Crippen LogP contribution < -0.4 is 11.5 Å². The Morgan fingerprint density at radius 1 is 1.08 bits per heavy atom. The van der Waals surface area contributed by atoms with Gasteiger partial charge in [0.2, 0.25) is 0 Å². The quantitative estimate of drug-likeness (QED) is 0.229. The van der Waals surface area contributed by atoms with Crippen LogP contribution in [0.4, 0.5) is 0 Å². The number of hydrogen-bond acceptors (Lipinski definition) is 6. The van der Waals surface area contributed by atoms with Crippen LogP contribution in [0.3, 0.4) is 0 Å². The van der Waals surface area contributed by atoms with Gasteiger partial charge in [0, 0.05) is 31.6 Å². The molecule has 1 atom stereocenters. The highest BCUT2D eigenvalue weighted by Gasteiger charge is 2.17. The first-order valence-corrected chi connectivity index (χ1v) is 14.1. The summed E-state index contributed by atoms with van der Waals surface area (Å²) in [6, 6.07) is -0.108. The number of ether oxygens (including phenoxy) is 1. The SMILES string of the molecule is C=C/C=C(\C=C/C)C(/N)=C/C(C)=N/C(=C\C(C)N=C(C=C)/C=C(\N)C1CCCCC1)N1CCOCC1.CC.[HH]. The summed E-state index contributed by atoms with van der Waals surface area (Å²) in [7, 11) is 0. The monoisotopic (exact) mass is 523 g/mol. The molecule has 2 aliphatic rings. The number of nitrogens with two attached hydrogens (primary N) is 2. The Balaban J connectivity index is 0.00000470. The summed E-state index contributed by atoms with van der Waals surface area (Å²) in [6.45, 7) is 20.6. The molecule has 2 fully saturated rings. The molecule has 0 aromatic carbocycles. The van der Waals surface area contributed by atoms with Gasteiger partial charge >= 0.3 is 0 Å². The van der Waals surface area contributed by atoms with Gasteiger partial charge in [-0.05, 0) is 69.4 Å². The van der Waals surface area contributed by atoms with Gasteiger partial charge in [0.15, 0.2) is 0 Å². The van der Waals surface area contributed by atoms with Crippen LogP contribution in [0.5, 0.6) is 0 Å². The van der Waals surface area contributed by atoms with Crippen molar-refractivity contribution >= 4 is 11.4 Å². The van der Waals surface area contributed by atoms with Gasteiger partial charge in [0.05, 0.1) is 25.0 Å². The fourth-order valence-electron chi connectivity index (χ4n) is 4.44. The average Bonchev–Trinajstić information content (AvgIpc) is 2.94. The summed E-state index contributed by atoms with van der Waals surface area (Å²) in [5, 5.41) is 0. The first-order chi connectivity index (χ1) is 18.4. The largest absolute Gasteiger partial charge is 0.402 e. The second-order valence-electron chi connectivity index (χ2n) is 9.31. The Bertz CT molecular complexity index is 959. The van der Waals surface area contributed by atoms with Gasteiger partial charge in [-0.1, -0.05) is 70.6 Å². The maximum absolute atomic E-state index is 6.44. The summed E-state index contributed by atoms with van der Waals surface area (Å²) >= 11 is 0. The second-order valence-corrected chi connectivity index (χ2v) is 9.31. The molecule has 0 radical (unpaired) electrons. The van der Waals surface area contributed by atoms with E-state index in [1.165, 1.54) is 19.3 Å². The molecule has 1 heterocycles. The number of rotatable bonds is 11. The van der Waals surface area contributed by atoms with Crippen LogP contribution in [0.2, 0.25) is 0 Å². The van der Waals surface area contributed by atoms with E-state index in [0.717, 1.165) is 54.4 Å². The van der Waals surface area contributed by atoms with E-state index in [-0.39, 0.29) is 7.47 Å². The molecule has 0 aromatic heterocycles. The molecule has 6 nitrogen and oxygen atoms in total. The summed E-state index contributed by atoms with van der Waals surface area (Å²) in [4.78, 5) is 12.0. The lowest BCUT2D eigenvalue weighted by Gasteiger charge is -2.29. The molecule has 1 unspecified atom stereocenters. The molecule has 2 rings (SSSR count). The van der Waals surface area contributed by atoms with Gasteiger partial charge in [-0.2, -0.15) is 0 Å². The van der Waals surface area contributed by atoms with E-state index in [0.29, 0.717) is 24.8 Å². The molecule has 1 saturated heterocycles. The van der Waals surface area contributed by atoms with Gasteiger partial charge in [-0.25, -0.2) is 4.99 Å². The number of morpholine rings is 1. The maximum atomic E-state index is 6.44. The first-order valence-electron chi connectivity index (χ1n) is 14.1. The predicted octanol–water partition coefficient (Wildman–Crippen LogP) is 6.86. The third-order valence-electron chi connectivity index (χ3n) is 6.31. The van der Waals surface area contributed by atoms with Crippen LogP contribution in [-0.2, 0) is 4.74 Å². The Hall–Kier alpha value is -3.12. The molecule has 38 heavy (non-hydrogen) atoms. The lowest BCUT2D eigenvalue weighted by Crippen LogP contribution is -2.35. The average molecular weight is 524 g/mol. The van der Waals surface area contributed by atoms with E-state index in [2.05, 4.69) is 31.1 Å². The topological polar surface area (TPSA) is 89.2 Å². The van der Waals surface area contributed by atoms with Gasteiger partial charge in [0.1, 0.15) is 5.82 Å². The van der Waals surface area contributed by atoms with Crippen molar-refractivity contribution in [1.29, 1.82) is 0 Å². The van der Waals surface area contributed by atoms with Crippen molar-refractivity contribution in [2.75, 3.05) is 26.3 Å². The Morgan fingerprint density at radius 3 is 2.32 bits per heavy atom. The molecule has 1 aliphatic heterocycles. The van der Waals surface area contributed by atoms with Crippen LogP contribution >= 0.6 is 0 Å². The molecule has 4 N–H and O–H groups in total. The molecule has 0 spiro atoms. The van der Waals surface area contributed by atoms with Crippen LogP contribution in [0.1, 0.15) is 68.1 Å². The Labute approximate surface area is 233 Å². The summed E-state index contributed by atoms with van der Waals surface area (Å²) in [6.07, 6.45) is 21.4. The third-order valence-corrected chi connectivity index (χ3v) is 6.31. The molecule has 0 bridgehead atoms. The van der Waals surface area contributed by atoms with Gasteiger partial charge in [-0.3, -0.25) is 4.99 Å². The minimum Gasteiger partial charge on any atom is -0.402 e. The lowest BCUT2D eigenvalue weighted by molar-refractivity contribution is 0.0529. The van der Waals surface area contributed by atoms with Crippen molar-refractivity contribution in [2.45, 2.75) is 72.8 Å². The van der Waals surface area contributed by atoms with Gasteiger partial charge in [-0.15, -0.1) is 0 Å². The molecule has 0 aromatic rings. The van der Waals surface area contributed by atoms with Crippen LogP contribution in [-0.4, -0.2) is 48.7 Å². The summed E-state index contributed by atoms with van der Waals surface area (Å²) < 4.78 is 5.56. The highest BCUT2D eigenvalue weighted by Crippen LogP contribution is 2.27. The van der Waals surface area contributed by atoms with Gasteiger partial charge < -0.3 is 21.1 Å². The van der Waals surface area contributed by atoms with E-state index in [1.54, 1.807) is 12.2 Å². The van der Waals surface area contributed by atoms with E-state index in [4.69, 9.17) is 26.2 Å². The van der Waals surface area contributed by atoms with Crippen LogP contribution in [0.15, 0.2) is 94.5 Å². The summed E-state index contributed by atoms with van der Waals surface area (Å²) in [5.74, 6) is 1.31. The fourth-order valence-corrected chi connectivity index (χ4v) is 4.44. The van der Waals surface area contributed by atoms with Crippen molar-refractivity contribution in [3.05, 3.63) is 84.6 Å². The number of hydrogen-bond donors (Lipinski definition) is 2. The van der Waals surface area contributed by atoms with E-state index < -0.39 is 0 Å². The first kappa shape index (κ1) is 32.9. The van der Waals surface area contributed by atoms with Crippen molar-refractivity contribution in [3.8, 4) is 0 Å². The van der Waals surface area contributed by atoms with E-state index >= 15 is 0 Å². The molecule has 0 amide bonds. The number of aliphatic imine (C=N–C) groups is 2. The van der Waals surface area contributed by atoms with Crippen molar-refractivity contribution in [3.63, 3.8) is 0 Å². The minimum atomic E-state index is -0.108. The number of nitrogens with zero attached hydrogens (tertiary/aromatic N) is 3. The molecule has 212 valence electrons. The molecule has 6 heteroatoms. The highest BCUT2D eigenvalue weighted by molar-refractivity contribution is 6.04. The smallest absolute Gasteiger partial charge is 0.127 e. The highest BCUT2D eigenvalue weighted by atomic mass is 16.5. The third kappa shape index (κ3) is 12.0. The van der Waals surface area contributed by atoms with Crippen molar-refractivity contribution < 1.29 is 6.16 Å². The number of allylic oxidation sites excluding steroid dienone is 8. The molecular formula is C32H53N5O. The Kier molecular flexibility index (Phi) is 16.5. The molecule has 1 saturated carbocycles. The van der Waals surface area contributed by atoms with Crippen LogP contribution in [0, 0.1) is 5.92 Å². The summed E-state index contributed by atoms with van der Waals surface area (Å²) in [5.41, 5.74) is 16.8. The fraction of sp³-hybridized carbons (Fsp3) is 0.500. The predicted molar refractivity (Wildman–Crippen MR) is 168 cm³/mol. The standard InChI is InChI=1S/C30H45N5O.C2H6.H2/c1-6-12-25(13-7-2)28(31)20-23(4)34-30(35-16-18-36-19-17-35)21-24(5)33-27(8-3)22-29(32)26-14-10-9-11-15-26;1-2;/h6-8,12-13,20-22,24,26H,1,3,9-11,14-19,31-32H2,2,4-5H3;1-2H3;1H/b13-7-,25-12+,28-20-,29-22-,30-21+,33-27?,34-23+;;. The maximum Gasteiger partial charge on any atom is 0.127 e. The minimum absolute atomic E-state index is 0. The molecular weight excluding hydrogens is 470 g/mol. The van der Waals surface area contributed by atoms with E-state index in [1.807, 2.05) is 58.1 Å². The van der Waals surface area contributed by atoms with Crippen LogP contribution in [0.25, 0.3) is 0 Å². The Morgan fingerprint density at radius 2 is 1.74 bits per heavy atom. The molecule has 1 aliphatic carbocycles. The lowest BCUT2D eigenvalue weighted by atomic mass is 9.86. The van der Waals surface area contributed by atoms with Crippen molar-refractivity contribution in [2.24, 2.45) is 27.4 Å². The zero-order chi connectivity index (χ0) is 28.3. The second kappa shape index (κ2) is 19.0. The van der Waals surface area contributed by atoms with Gasteiger partial charge in [0.25, 0.3) is 0 Å². The zero-order valence-electron chi connectivity index (χ0n) is 24.5. The van der Waals surface area contributed by atoms with Crippen molar-refractivity contribution in [1.82, 2.24) is 4.90 Å².